The third kappa shape index (κ3) is 2.63. The molecule has 0 amide bonds. The van der Waals surface area contributed by atoms with Crippen molar-refractivity contribution in [3.05, 3.63) is 11.5 Å². The lowest BCUT2D eigenvalue weighted by Crippen LogP contribution is -2.34. The highest BCUT2D eigenvalue weighted by Gasteiger charge is 2.21. The Morgan fingerprint density at radius 3 is 2.75 bits per heavy atom. The predicted molar refractivity (Wildman–Crippen MR) is 42.4 cm³/mol. The van der Waals surface area contributed by atoms with Crippen LogP contribution in [0, 0.1) is 0 Å². The molecule has 1 atom stereocenters. The predicted octanol–water partition coefficient (Wildman–Crippen LogP) is -1.03. The van der Waals surface area contributed by atoms with Crippen molar-refractivity contribution in [1.82, 2.24) is 5.32 Å². The summed E-state index contributed by atoms with van der Waals surface area (Å²) in [5.41, 5.74) is 0. The molecule has 0 saturated carbocycles. The summed E-state index contributed by atoms with van der Waals surface area (Å²) in [5.74, 6) is -1.03. The fourth-order valence-corrected chi connectivity index (χ4v) is 2.19. The molecule has 12 heavy (non-hydrogen) atoms. The van der Waals surface area contributed by atoms with Gasteiger partial charge in [0, 0.05) is 11.4 Å². The van der Waals surface area contributed by atoms with Crippen LogP contribution in [-0.2, 0) is 14.6 Å². The largest absolute Gasteiger partial charge is 0.480 e. The molecule has 0 fully saturated rings. The van der Waals surface area contributed by atoms with Crippen LogP contribution in [-0.4, -0.2) is 37.8 Å². The topological polar surface area (TPSA) is 83.5 Å². The highest BCUT2D eigenvalue weighted by molar-refractivity contribution is 7.94. The Balaban J connectivity index is 2.40. The Morgan fingerprint density at radius 2 is 2.33 bits per heavy atom. The molecule has 0 bridgehead atoms. The second kappa shape index (κ2) is 3.24. The van der Waals surface area contributed by atoms with Gasteiger partial charge in [-0.05, 0) is 0 Å². The molecule has 0 saturated heterocycles. The van der Waals surface area contributed by atoms with E-state index in [2.05, 4.69) is 5.32 Å². The van der Waals surface area contributed by atoms with E-state index in [4.69, 9.17) is 5.11 Å². The fraction of sp³-hybridized carbons (Fsp3) is 0.500. The van der Waals surface area contributed by atoms with Gasteiger partial charge in [-0.3, -0.25) is 10.1 Å². The van der Waals surface area contributed by atoms with Crippen molar-refractivity contribution in [2.75, 3.05) is 12.3 Å². The van der Waals surface area contributed by atoms with Crippen LogP contribution in [0.3, 0.4) is 0 Å². The van der Waals surface area contributed by atoms with E-state index in [0.29, 0.717) is 0 Å². The first kappa shape index (κ1) is 9.21. The van der Waals surface area contributed by atoms with Gasteiger partial charge in [-0.1, -0.05) is 6.08 Å². The molecule has 1 rings (SSSR count). The molecule has 2 N–H and O–H groups in total. The van der Waals surface area contributed by atoms with Gasteiger partial charge in [0.1, 0.15) is 0 Å². The van der Waals surface area contributed by atoms with Crippen molar-refractivity contribution >= 4 is 15.8 Å². The van der Waals surface area contributed by atoms with Gasteiger partial charge in [0.2, 0.25) is 0 Å². The fourth-order valence-electron chi connectivity index (χ4n) is 0.921. The maximum Gasteiger partial charge on any atom is 0.317 e. The summed E-state index contributed by atoms with van der Waals surface area (Å²) >= 11 is 0. The molecule has 0 aromatic rings. The van der Waals surface area contributed by atoms with Gasteiger partial charge >= 0.3 is 5.97 Å². The van der Waals surface area contributed by atoms with E-state index in [1.54, 1.807) is 0 Å². The third-order valence-corrected chi connectivity index (χ3v) is 2.84. The highest BCUT2D eigenvalue weighted by atomic mass is 32.2. The van der Waals surface area contributed by atoms with Crippen LogP contribution in [0.15, 0.2) is 11.5 Å². The third-order valence-electron chi connectivity index (χ3n) is 1.45. The summed E-state index contributed by atoms with van der Waals surface area (Å²) in [5, 5.41) is 11.9. The lowest BCUT2D eigenvalue weighted by Gasteiger charge is -2.05. The Kier molecular flexibility index (Phi) is 2.49. The molecule has 5 nitrogen and oxygen atoms in total. The van der Waals surface area contributed by atoms with Crippen LogP contribution in [0.25, 0.3) is 0 Å². The van der Waals surface area contributed by atoms with Crippen molar-refractivity contribution in [3.8, 4) is 0 Å². The summed E-state index contributed by atoms with van der Waals surface area (Å²) < 4.78 is 21.6. The van der Waals surface area contributed by atoms with Crippen LogP contribution in [0.1, 0.15) is 0 Å². The van der Waals surface area contributed by atoms with Crippen LogP contribution in [0.4, 0.5) is 0 Å². The lowest BCUT2D eigenvalue weighted by atomic mass is 10.3. The Labute approximate surface area is 70.0 Å². The molecule has 1 aliphatic rings. The molecule has 0 spiro atoms. The summed E-state index contributed by atoms with van der Waals surface area (Å²) in [6.45, 7) is -0.218. The molecule has 0 radical (unpaired) electrons. The van der Waals surface area contributed by atoms with E-state index in [0.717, 1.165) is 5.41 Å². The van der Waals surface area contributed by atoms with Crippen molar-refractivity contribution < 1.29 is 18.3 Å². The SMILES string of the molecule is O=C(O)CNC1C=CS(=O)(=O)C1. The molecule has 1 aliphatic heterocycles. The van der Waals surface area contributed by atoms with Gasteiger partial charge in [-0.15, -0.1) is 0 Å². The first-order chi connectivity index (χ1) is 5.49. The monoisotopic (exact) mass is 191 g/mol. The highest BCUT2D eigenvalue weighted by Crippen LogP contribution is 2.06. The van der Waals surface area contributed by atoms with Crippen LogP contribution in [0.2, 0.25) is 0 Å². The van der Waals surface area contributed by atoms with Gasteiger partial charge in [0.15, 0.2) is 9.84 Å². The minimum atomic E-state index is -3.08. The van der Waals surface area contributed by atoms with Crippen LogP contribution < -0.4 is 5.32 Å². The second-order valence-electron chi connectivity index (χ2n) is 2.54. The summed E-state index contributed by atoms with van der Waals surface area (Å²) in [7, 11) is -3.08. The van der Waals surface area contributed by atoms with Gasteiger partial charge in [0.05, 0.1) is 12.3 Å². The van der Waals surface area contributed by atoms with E-state index in [1.165, 1.54) is 6.08 Å². The smallest absolute Gasteiger partial charge is 0.317 e. The summed E-state index contributed by atoms with van der Waals surface area (Å²) in [6, 6.07) is -0.355. The van der Waals surface area contributed by atoms with E-state index in [9.17, 15) is 13.2 Å². The van der Waals surface area contributed by atoms with Crippen molar-refractivity contribution in [1.29, 1.82) is 0 Å². The first-order valence-corrected chi connectivity index (χ1v) is 5.07. The van der Waals surface area contributed by atoms with Gasteiger partial charge in [0.25, 0.3) is 0 Å². The van der Waals surface area contributed by atoms with E-state index < -0.39 is 15.8 Å². The number of aliphatic carboxylic acids is 1. The number of carbonyl (C=O) groups is 1. The number of carboxylic acids is 1. The number of nitrogens with one attached hydrogen (secondary N) is 1. The van der Waals surface area contributed by atoms with Crippen molar-refractivity contribution in [2.24, 2.45) is 0 Å². The van der Waals surface area contributed by atoms with Gasteiger partial charge < -0.3 is 5.11 Å². The number of sulfone groups is 1. The standard InChI is InChI=1S/C6H9NO4S/c8-6(9)3-7-5-1-2-12(10,11)4-5/h1-2,5,7H,3-4H2,(H,8,9). The first-order valence-electron chi connectivity index (χ1n) is 3.36. The van der Waals surface area contributed by atoms with E-state index in [1.807, 2.05) is 0 Å². The average Bonchev–Trinajstić information content (AvgIpc) is 2.26. The Bertz CT molecular complexity index is 306. The van der Waals surface area contributed by atoms with E-state index in [-0.39, 0.29) is 18.3 Å². The van der Waals surface area contributed by atoms with E-state index >= 15 is 0 Å². The second-order valence-corrected chi connectivity index (χ2v) is 4.47. The molecule has 1 heterocycles. The molecule has 0 aromatic carbocycles. The molecule has 6 heteroatoms. The minimum absolute atomic E-state index is 0.0414. The normalized spacial score (nSPS) is 25.8. The minimum Gasteiger partial charge on any atom is -0.480 e. The number of rotatable bonds is 3. The quantitative estimate of drug-likeness (QED) is 0.596. The number of hydrogen-bond acceptors (Lipinski definition) is 4. The maximum atomic E-state index is 10.8. The molecular formula is C6H9NO4S. The molecule has 68 valence electrons. The Hall–Kier alpha value is -0.880. The van der Waals surface area contributed by atoms with Crippen LogP contribution in [0.5, 0.6) is 0 Å². The van der Waals surface area contributed by atoms with Crippen molar-refractivity contribution in [3.63, 3.8) is 0 Å². The average molecular weight is 191 g/mol. The molecule has 1 unspecified atom stereocenters. The molecule has 0 aliphatic carbocycles. The summed E-state index contributed by atoms with van der Waals surface area (Å²) in [4.78, 5) is 10.1. The molecular weight excluding hydrogens is 182 g/mol. The van der Waals surface area contributed by atoms with Gasteiger partial charge in [-0.25, -0.2) is 8.42 Å². The Morgan fingerprint density at radius 1 is 1.67 bits per heavy atom. The van der Waals surface area contributed by atoms with Crippen molar-refractivity contribution in [2.45, 2.75) is 6.04 Å². The zero-order chi connectivity index (χ0) is 9.19. The summed E-state index contributed by atoms with van der Waals surface area (Å²) in [6.07, 6.45) is 1.46. The zero-order valence-electron chi connectivity index (χ0n) is 6.23. The maximum absolute atomic E-state index is 10.8. The van der Waals surface area contributed by atoms with Crippen LogP contribution >= 0.6 is 0 Å². The number of carboxylic acid groups (broad SMARTS) is 1. The van der Waals surface area contributed by atoms with Gasteiger partial charge in [-0.2, -0.15) is 0 Å². The zero-order valence-corrected chi connectivity index (χ0v) is 7.04. The lowest BCUT2D eigenvalue weighted by molar-refractivity contribution is -0.136. The molecule has 0 aromatic heterocycles. The number of hydrogen-bond donors (Lipinski definition) is 2.